The SMILES string of the molecule is CC1CN=C(C(C)C2CCC3(C)C4CC(=O)C5CC(OC6OC(CO)C(O)C(O)C6O)CCC5C4CCC23C)C(=O)C1. The maximum atomic E-state index is 13.8. The Hall–Kier alpha value is -1.23. The molecule has 0 radical (unpaired) electrons. The van der Waals surface area contributed by atoms with Gasteiger partial charge < -0.3 is 29.9 Å². The Bertz CT molecular complexity index is 1090. The average molecular weight is 590 g/mol. The summed E-state index contributed by atoms with van der Waals surface area (Å²) in [6.07, 6.45) is 0.941. The van der Waals surface area contributed by atoms with Crippen LogP contribution in [0.2, 0.25) is 0 Å². The lowest BCUT2D eigenvalue weighted by Crippen LogP contribution is -2.60. The van der Waals surface area contributed by atoms with Gasteiger partial charge in [-0.25, -0.2) is 0 Å². The van der Waals surface area contributed by atoms with E-state index < -0.39 is 37.3 Å². The van der Waals surface area contributed by atoms with Gasteiger partial charge in [0.05, 0.1) is 18.4 Å². The van der Waals surface area contributed by atoms with Crippen LogP contribution in [-0.4, -0.2) is 87.7 Å². The highest BCUT2D eigenvalue weighted by Gasteiger charge is 2.65. The Labute approximate surface area is 249 Å². The van der Waals surface area contributed by atoms with E-state index in [-0.39, 0.29) is 34.6 Å². The molecule has 9 nitrogen and oxygen atoms in total. The molecule has 0 amide bonds. The molecular formula is C33H51NO8. The lowest BCUT2D eigenvalue weighted by molar-refractivity contribution is -0.314. The van der Waals surface area contributed by atoms with Gasteiger partial charge in [0.2, 0.25) is 0 Å². The van der Waals surface area contributed by atoms with Crippen molar-refractivity contribution in [3.8, 4) is 0 Å². The number of hydrogen-bond donors (Lipinski definition) is 4. The van der Waals surface area contributed by atoms with Crippen LogP contribution < -0.4 is 0 Å². The van der Waals surface area contributed by atoms with Crippen LogP contribution in [0.1, 0.15) is 85.5 Å². The molecule has 236 valence electrons. The third-order valence-corrected chi connectivity index (χ3v) is 13.3. The summed E-state index contributed by atoms with van der Waals surface area (Å²) < 4.78 is 11.7. The fraction of sp³-hybridized carbons (Fsp3) is 0.909. The first-order valence-corrected chi connectivity index (χ1v) is 16.5. The Morgan fingerprint density at radius 2 is 1.71 bits per heavy atom. The molecule has 0 aromatic carbocycles. The first-order chi connectivity index (χ1) is 19.9. The molecule has 15 atom stereocenters. The van der Waals surface area contributed by atoms with Gasteiger partial charge in [-0.15, -0.1) is 0 Å². The molecule has 5 fully saturated rings. The van der Waals surface area contributed by atoms with E-state index >= 15 is 0 Å². The Balaban J connectivity index is 1.15. The topological polar surface area (TPSA) is 146 Å². The van der Waals surface area contributed by atoms with Crippen molar-refractivity contribution in [2.45, 2.75) is 122 Å². The van der Waals surface area contributed by atoms with Crippen molar-refractivity contribution < 1.29 is 39.5 Å². The number of Topliss-reactive ketones (excluding diaryl/α,β-unsaturated/α-hetero) is 2. The molecule has 4 saturated carbocycles. The molecule has 2 aliphatic heterocycles. The van der Waals surface area contributed by atoms with E-state index in [2.05, 4.69) is 27.7 Å². The van der Waals surface area contributed by atoms with Crippen LogP contribution in [0.25, 0.3) is 0 Å². The third kappa shape index (κ3) is 4.76. The number of fused-ring (bicyclic) bond motifs is 5. The first-order valence-electron chi connectivity index (χ1n) is 16.5. The van der Waals surface area contributed by atoms with Crippen LogP contribution in [0.3, 0.4) is 0 Å². The van der Waals surface area contributed by atoms with Gasteiger partial charge >= 0.3 is 0 Å². The molecule has 4 aliphatic carbocycles. The summed E-state index contributed by atoms with van der Waals surface area (Å²) in [7, 11) is 0. The minimum absolute atomic E-state index is 0.0463. The minimum Gasteiger partial charge on any atom is -0.394 e. The van der Waals surface area contributed by atoms with Crippen LogP contribution in [0, 0.1) is 52.3 Å². The summed E-state index contributed by atoms with van der Waals surface area (Å²) in [6, 6.07) is 0. The zero-order valence-electron chi connectivity index (χ0n) is 25.7. The predicted octanol–water partition coefficient (Wildman–Crippen LogP) is 2.70. The van der Waals surface area contributed by atoms with E-state index in [1.807, 2.05) is 0 Å². The number of ketones is 2. The van der Waals surface area contributed by atoms with E-state index in [1.54, 1.807) is 0 Å². The Kier molecular flexibility index (Phi) is 8.27. The second kappa shape index (κ2) is 11.3. The fourth-order valence-electron chi connectivity index (χ4n) is 10.7. The maximum Gasteiger partial charge on any atom is 0.186 e. The van der Waals surface area contributed by atoms with Gasteiger partial charge in [0.15, 0.2) is 12.1 Å². The summed E-state index contributed by atoms with van der Waals surface area (Å²) in [4.78, 5) is 31.6. The van der Waals surface area contributed by atoms with Gasteiger partial charge in [-0.05, 0) is 85.4 Å². The van der Waals surface area contributed by atoms with E-state index in [9.17, 15) is 30.0 Å². The zero-order valence-corrected chi connectivity index (χ0v) is 25.7. The lowest BCUT2D eigenvalue weighted by Gasteiger charge is -2.61. The molecule has 15 unspecified atom stereocenters. The summed E-state index contributed by atoms with van der Waals surface area (Å²) in [5.74, 6) is 2.47. The van der Waals surface area contributed by atoms with Gasteiger partial charge in [0.25, 0.3) is 0 Å². The van der Waals surface area contributed by atoms with Gasteiger partial charge in [0, 0.05) is 31.2 Å². The zero-order chi connectivity index (χ0) is 30.1. The second-order valence-corrected chi connectivity index (χ2v) is 15.2. The first kappa shape index (κ1) is 30.8. The normalized spacial score (nSPS) is 51.8. The van der Waals surface area contributed by atoms with Crippen molar-refractivity contribution >= 4 is 17.3 Å². The molecule has 2 heterocycles. The molecule has 0 spiro atoms. The number of ether oxygens (including phenoxy) is 2. The molecule has 0 bridgehead atoms. The van der Waals surface area contributed by atoms with E-state index in [0.29, 0.717) is 54.6 Å². The number of rotatable bonds is 5. The molecule has 0 aromatic heterocycles. The van der Waals surface area contributed by atoms with Crippen molar-refractivity contribution in [2.24, 2.45) is 57.2 Å². The second-order valence-electron chi connectivity index (χ2n) is 15.2. The van der Waals surface area contributed by atoms with E-state index in [4.69, 9.17) is 14.5 Å². The summed E-state index contributed by atoms with van der Waals surface area (Å²) in [5, 5.41) is 40.3. The van der Waals surface area contributed by atoms with Crippen molar-refractivity contribution in [2.75, 3.05) is 13.2 Å². The molecule has 6 aliphatic rings. The van der Waals surface area contributed by atoms with E-state index in [0.717, 1.165) is 50.8 Å². The minimum atomic E-state index is -1.48. The number of nitrogens with zero attached hydrogens (tertiary/aromatic N) is 1. The fourth-order valence-corrected chi connectivity index (χ4v) is 10.7. The average Bonchev–Trinajstić information content (AvgIpc) is 3.24. The third-order valence-electron chi connectivity index (χ3n) is 13.3. The molecule has 4 N–H and O–H groups in total. The molecule has 9 heteroatoms. The highest BCUT2D eigenvalue weighted by atomic mass is 16.7. The number of aliphatic imine (C=N–C) groups is 1. The predicted molar refractivity (Wildman–Crippen MR) is 155 cm³/mol. The molecule has 1 saturated heterocycles. The lowest BCUT2D eigenvalue weighted by atomic mass is 9.43. The van der Waals surface area contributed by atoms with Gasteiger partial charge in [-0.3, -0.25) is 14.6 Å². The molecular weight excluding hydrogens is 538 g/mol. The summed E-state index contributed by atoms with van der Waals surface area (Å²) >= 11 is 0. The number of carbonyl (C=O) groups excluding carboxylic acids is 2. The smallest absolute Gasteiger partial charge is 0.186 e. The van der Waals surface area contributed by atoms with Crippen LogP contribution >= 0.6 is 0 Å². The summed E-state index contributed by atoms with van der Waals surface area (Å²) in [6.45, 7) is 9.44. The largest absolute Gasteiger partial charge is 0.394 e. The molecule has 42 heavy (non-hydrogen) atoms. The number of aliphatic hydroxyl groups excluding tert-OH is 4. The summed E-state index contributed by atoms with van der Waals surface area (Å²) in [5.41, 5.74) is 0.920. The number of aliphatic hydroxyl groups is 4. The van der Waals surface area contributed by atoms with Crippen LogP contribution in [0.4, 0.5) is 0 Å². The quantitative estimate of drug-likeness (QED) is 0.358. The van der Waals surface area contributed by atoms with E-state index in [1.165, 1.54) is 0 Å². The van der Waals surface area contributed by atoms with Crippen LogP contribution in [0.5, 0.6) is 0 Å². The highest BCUT2D eigenvalue weighted by Crippen LogP contribution is 2.71. The van der Waals surface area contributed by atoms with Gasteiger partial charge in [-0.1, -0.05) is 27.7 Å². The van der Waals surface area contributed by atoms with Crippen LogP contribution in [-0.2, 0) is 19.1 Å². The number of carbonyl (C=O) groups is 2. The van der Waals surface area contributed by atoms with Crippen molar-refractivity contribution in [3.05, 3.63) is 0 Å². The van der Waals surface area contributed by atoms with Crippen molar-refractivity contribution in [3.63, 3.8) is 0 Å². The molecule has 0 aromatic rings. The van der Waals surface area contributed by atoms with Gasteiger partial charge in [0.1, 0.15) is 30.2 Å². The van der Waals surface area contributed by atoms with Crippen molar-refractivity contribution in [1.29, 1.82) is 0 Å². The Morgan fingerprint density at radius 3 is 2.43 bits per heavy atom. The number of hydrogen-bond acceptors (Lipinski definition) is 9. The standard InChI is InChI=1S/C33H51NO8/c1-16-11-25(37)27(34-14-16)17(2)22-8-10-33(4)23-13-24(36)21-12-18(5-6-19(21)20(23)7-9-32(22,33)3)41-31-30(40)29(39)28(38)26(15-35)42-31/h16-23,26,28-31,35,38-40H,5-15H2,1-4H3. The highest BCUT2D eigenvalue weighted by molar-refractivity contribution is 6.41. The maximum absolute atomic E-state index is 13.8. The molecule has 6 rings (SSSR count). The van der Waals surface area contributed by atoms with Crippen LogP contribution in [0.15, 0.2) is 4.99 Å². The monoisotopic (exact) mass is 589 g/mol. The Morgan fingerprint density at radius 1 is 0.976 bits per heavy atom. The van der Waals surface area contributed by atoms with Crippen molar-refractivity contribution in [1.82, 2.24) is 0 Å². The van der Waals surface area contributed by atoms with Gasteiger partial charge in [-0.2, -0.15) is 0 Å².